The van der Waals surface area contributed by atoms with Gasteiger partial charge in [-0.15, -0.1) is 10.2 Å². The van der Waals surface area contributed by atoms with Crippen molar-refractivity contribution in [2.45, 2.75) is 31.2 Å². The van der Waals surface area contributed by atoms with Crippen molar-refractivity contribution < 1.29 is 14.4 Å². The largest absolute Gasteiger partial charge is 0.342 e. The third-order valence-electron chi connectivity index (χ3n) is 5.91. The van der Waals surface area contributed by atoms with Gasteiger partial charge in [-0.2, -0.15) is 0 Å². The molecule has 4 heterocycles. The summed E-state index contributed by atoms with van der Waals surface area (Å²) in [7, 11) is 0. The summed E-state index contributed by atoms with van der Waals surface area (Å²) in [6.07, 6.45) is 3.59. The van der Waals surface area contributed by atoms with Crippen molar-refractivity contribution >= 4 is 29.1 Å². The smallest absolute Gasteiger partial charge is 0.254 e. The number of hydrogen-bond acceptors (Lipinski definition) is 5. The summed E-state index contributed by atoms with van der Waals surface area (Å²) in [6.45, 7) is 1.13. The molecule has 0 aliphatic carbocycles. The molecule has 2 aliphatic rings. The molecule has 0 bridgehead atoms. The number of benzene rings is 1. The number of aromatic nitrogens is 3. The second-order valence-electron chi connectivity index (χ2n) is 7.93. The summed E-state index contributed by atoms with van der Waals surface area (Å²) in [5.41, 5.74) is 1.62. The molecule has 3 aromatic rings. The lowest BCUT2D eigenvalue weighted by Gasteiger charge is -2.32. The van der Waals surface area contributed by atoms with E-state index in [1.165, 1.54) is 0 Å². The zero-order valence-corrected chi connectivity index (χ0v) is 16.8. The number of carbonyl (C=O) groups is 3. The molecule has 9 heteroatoms. The predicted octanol–water partition coefficient (Wildman–Crippen LogP) is 1.58. The lowest BCUT2D eigenvalue weighted by Crippen LogP contribution is -2.47. The maximum absolute atomic E-state index is 13.0. The second-order valence-corrected chi connectivity index (χ2v) is 7.93. The molecule has 2 aromatic heterocycles. The number of rotatable bonds is 3. The molecule has 9 nitrogen and oxygen atoms in total. The van der Waals surface area contributed by atoms with Crippen molar-refractivity contribution in [3.05, 3.63) is 60.0 Å². The van der Waals surface area contributed by atoms with Gasteiger partial charge in [-0.3, -0.25) is 18.8 Å². The van der Waals surface area contributed by atoms with E-state index in [9.17, 15) is 14.4 Å². The van der Waals surface area contributed by atoms with Gasteiger partial charge in [0, 0.05) is 25.2 Å². The summed E-state index contributed by atoms with van der Waals surface area (Å²) in [5, 5.41) is 14.0. The summed E-state index contributed by atoms with van der Waals surface area (Å²) < 4.78 is 1.95. The minimum atomic E-state index is -0.915. The van der Waals surface area contributed by atoms with Crippen LogP contribution in [0.5, 0.6) is 0 Å². The molecule has 2 aliphatic heterocycles. The van der Waals surface area contributed by atoms with Crippen LogP contribution in [-0.2, 0) is 9.59 Å². The first-order chi connectivity index (χ1) is 15.1. The van der Waals surface area contributed by atoms with E-state index < -0.39 is 6.04 Å². The molecule has 1 fully saturated rings. The Bertz CT molecular complexity index is 1170. The minimum absolute atomic E-state index is 0.0666. The Labute approximate surface area is 178 Å². The van der Waals surface area contributed by atoms with Crippen molar-refractivity contribution in [3.8, 4) is 0 Å². The number of anilines is 1. The van der Waals surface area contributed by atoms with Crippen LogP contribution in [0.15, 0.2) is 48.7 Å². The third-order valence-corrected chi connectivity index (χ3v) is 5.91. The van der Waals surface area contributed by atoms with E-state index in [4.69, 9.17) is 0 Å². The van der Waals surface area contributed by atoms with Crippen molar-refractivity contribution in [2.24, 2.45) is 0 Å². The second kappa shape index (κ2) is 7.82. The molecule has 0 spiro atoms. The van der Waals surface area contributed by atoms with E-state index in [1.54, 1.807) is 29.2 Å². The van der Waals surface area contributed by atoms with E-state index in [0.29, 0.717) is 24.3 Å². The first-order valence-corrected chi connectivity index (χ1v) is 10.4. The van der Waals surface area contributed by atoms with Crippen LogP contribution in [0.25, 0.3) is 5.65 Å². The average molecular weight is 418 g/mol. The quantitative estimate of drug-likeness (QED) is 0.671. The Morgan fingerprint density at radius 2 is 1.94 bits per heavy atom. The third kappa shape index (κ3) is 3.63. The predicted molar refractivity (Wildman–Crippen MR) is 112 cm³/mol. The highest BCUT2D eigenvalue weighted by atomic mass is 16.2. The molecule has 2 N–H and O–H groups in total. The number of piperidine rings is 1. The molecular formula is C22H22N6O3. The molecular weight excluding hydrogens is 396 g/mol. The SMILES string of the molecule is O=C1N[C@@H](CC(=O)N2CCCC(c3nnc4ccccn34)C2)C(=O)Nc2ccccc21. The lowest BCUT2D eigenvalue weighted by atomic mass is 9.96. The fourth-order valence-corrected chi connectivity index (χ4v) is 4.31. The number of nitrogens with zero attached hydrogens (tertiary/aromatic N) is 4. The van der Waals surface area contributed by atoms with Gasteiger partial charge < -0.3 is 15.5 Å². The van der Waals surface area contributed by atoms with Gasteiger partial charge in [0.15, 0.2) is 5.65 Å². The van der Waals surface area contributed by atoms with Crippen molar-refractivity contribution in [1.82, 2.24) is 24.8 Å². The van der Waals surface area contributed by atoms with E-state index in [-0.39, 0.29) is 30.1 Å². The van der Waals surface area contributed by atoms with Crippen LogP contribution in [0.1, 0.15) is 41.4 Å². The fraction of sp³-hybridized carbons (Fsp3) is 0.318. The van der Waals surface area contributed by atoms with Crippen LogP contribution in [0.2, 0.25) is 0 Å². The van der Waals surface area contributed by atoms with E-state index in [0.717, 1.165) is 24.3 Å². The van der Waals surface area contributed by atoms with Crippen LogP contribution in [0.4, 0.5) is 5.69 Å². The standard InChI is InChI=1S/C22H22N6O3/c29-19(12-17-22(31)23-16-8-2-1-7-15(16)21(30)24-17)27-10-5-6-14(13-27)20-26-25-18-9-3-4-11-28(18)20/h1-4,7-9,11,14,17H,5-6,10,12-13H2,(H,23,31)(H,24,30)/t14?,17-/m0/s1. The molecule has 1 saturated heterocycles. The lowest BCUT2D eigenvalue weighted by molar-refractivity contribution is -0.134. The summed E-state index contributed by atoms with van der Waals surface area (Å²) in [4.78, 5) is 39.9. The number of amides is 3. The van der Waals surface area contributed by atoms with Gasteiger partial charge in [0.2, 0.25) is 11.8 Å². The zero-order valence-electron chi connectivity index (χ0n) is 16.8. The monoisotopic (exact) mass is 418 g/mol. The Morgan fingerprint density at radius 1 is 1.10 bits per heavy atom. The molecule has 1 aromatic carbocycles. The summed E-state index contributed by atoms with van der Waals surface area (Å²) in [5.74, 6) is -0.00671. The average Bonchev–Trinajstić information content (AvgIpc) is 3.18. The van der Waals surface area contributed by atoms with Gasteiger partial charge in [-0.25, -0.2) is 0 Å². The fourth-order valence-electron chi connectivity index (χ4n) is 4.31. The number of likely N-dealkylation sites (tertiary alicyclic amines) is 1. The molecule has 0 saturated carbocycles. The van der Waals surface area contributed by atoms with Gasteiger partial charge in [0.1, 0.15) is 11.9 Å². The van der Waals surface area contributed by atoms with Gasteiger partial charge >= 0.3 is 0 Å². The molecule has 3 amide bonds. The van der Waals surface area contributed by atoms with Crippen LogP contribution < -0.4 is 10.6 Å². The molecule has 1 unspecified atom stereocenters. The van der Waals surface area contributed by atoms with E-state index in [1.807, 2.05) is 28.8 Å². The highest BCUT2D eigenvalue weighted by molar-refractivity contribution is 6.10. The Morgan fingerprint density at radius 3 is 2.84 bits per heavy atom. The Hall–Kier alpha value is -3.75. The maximum Gasteiger partial charge on any atom is 0.254 e. The number of hydrogen-bond donors (Lipinski definition) is 2. The Kier molecular flexibility index (Phi) is 4.85. The topological polar surface area (TPSA) is 109 Å². The number of pyridine rings is 1. The summed E-state index contributed by atoms with van der Waals surface area (Å²) >= 11 is 0. The number of para-hydroxylation sites is 1. The molecule has 5 rings (SSSR count). The first-order valence-electron chi connectivity index (χ1n) is 10.4. The van der Waals surface area contributed by atoms with Crippen LogP contribution in [0.3, 0.4) is 0 Å². The normalized spacial score (nSPS) is 21.2. The van der Waals surface area contributed by atoms with Crippen LogP contribution >= 0.6 is 0 Å². The molecule has 31 heavy (non-hydrogen) atoms. The van der Waals surface area contributed by atoms with Crippen molar-refractivity contribution in [2.75, 3.05) is 18.4 Å². The molecule has 2 atom stereocenters. The zero-order chi connectivity index (χ0) is 21.4. The van der Waals surface area contributed by atoms with Crippen LogP contribution in [-0.4, -0.2) is 56.4 Å². The number of fused-ring (bicyclic) bond motifs is 2. The number of nitrogens with one attached hydrogen (secondary N) is 2. The highest BCUT2D eigenvalue weighted by Gasteiger charge is 2.33. The van der Waals surface area contributed by atoms with Gasteiger partial charge in [0.25, 0.3) is 5.91 Å². The van der Waals surface area contributed by atoms with E-state index in [2.05, 4.69) is 20.8 Å². The van der Waals surface area contributed by atoms with Gasteiger partial charge in [-0.05, 0) is 37.1 Å². The molecule has 0 radical (unpaired) electrons. The molecule has 158 valence electrons. The van der Waals surface area contributed by atoms with Crippen molar-refractivity contribution in [3.63, 3.8) is 0 Å². The maximum atomic E-state index is 13.0. The first kappa shape index (κ1) is 19.2. The highest BCUT2D eigenvalue weighted by Crippen LogP contribution is 2.27. The van der Waals surface area contributed by atoms with Crippen LogP contribution in [0, 0.1) is 0 Å². The minimum Gasteiger partial charge on any atom is -0.342 e. The van der Waals surface area contributed by atoms with E-state index >= 15 is 0 Å². The Balaban J connectivity index is 1.29. The van der Waals surface area contributed by atoms with Gasteiger partial charge in [0.05, 0.1) is 17.7 Å². The van der Waals surface area contributed by atoms with Gasteiger partial charge in [-0.1, -0.05) is 18.2 Å². The number of carbonyl (C=O) groups excluding carboxylic acids is 3. The van der Waals surface area contributed by atoms with Crippen molar-refractivity contribution in [1.29, 1.82) is 0 Å². The summed E-state index contributed by atoms with van der Waals surface area (Å²) in [6, 6.07) is 11.6.